The van der Waals surface area contributed by atoms with E-state index in [1.165, 1.54) is 11.4 Å². The molecule has 86 valence electrons. The van der Waals surface area contributed by atoms with E-state index in [0.717, 1.165) is 13.1 Å². The molecule has 5 heteroatoms. The van der Waals surface area contributed by atoms with Crippen molar-refractivity contribution < 1.29 is 0 Å². The van der Waals surface area contributed by atoms with Gasteiger partial charge in [-0.1, -0.05) is 0 Å². The van der Waals surface area contributed by atoms with Gasteiger partial charge in [0.15, 0.2) is 0 Å². The highest BCUT2D eigenvalue weighted by molar-refractivity contribution is 7.09. The van der Waals surface area contributed by atoms with Crippen LogP contribution < -0.4 is 5.32 Å². The van der Waals surface area contributed by atoms with E-state index in [9.17, 15) is 0 Å². The van der Waals surface area contributed by atoms with Crippen LogP contribution in [-0.4, -0.2) is 36.1 Å². The molecular weight excluding hydrogens is 230 g/mol. The van der Waals surface area contributed by atoms with Crippen molar-refractivity contribution in [3.8, 4) is 0 Å². The first-order chi connectivity index (χ1) is 6.79. The van der Waals surface area contributed by atoms with Crippen molar-refractivity contribution in [1.29, 1.82) is 0 Å². The van der Waals surface area contributed by atoms with E-state index in [-0.39, 0.29) is 12.4 Å². The minimum atomic E-state index is 0. The predicted molar refractivity (Wildman–Crippen MR) is 66.8 cm³/mol. The van der Waals surface area contributed by atoms with Crippen molar-refractivity contribution in [1.82, 2.24) is 15.2 Å². The first-order valence-corrected chi connectivity index (χ1v) is 5.99. The number of nitrogens with zero attached hydrogens (tertiary/aromatic N) is 2. The molecule has 1 N–H and O–H groups in total. The fourth-order valence-electron chi connectivity index (χ4n) is 1.92. The number of thiazole rings is 1. The first-order valence-electron chi connectivity index (χ1n) is 5.11. The fraction of sp³-hybridized carbons (Fsp3) is 0.700. The Morgan fingerprint density at radius 2 is 2.47 bits per heavy atom. The van der Waals surface area contributed by atoms with Gasteiger partial charge in [0.25, 0.3) is 0 Å². The lowest BCUT2D eigenvalue weighted by atomic mass is 10.2. The van der Waals surface area contributed by atoms with Gasteiger partial charge < -0.3 is 5.32 Å². The van der Waals surface area contributed by atoms with Gasteiger partial charge in [-0.25, -0.2) is 4.98 Å². The highest BCUT2D eigenvalue weighted by Gasteiger charge is 2.24. The zero-order valence-electron chi connectivity index (χ0n) is 9.14. The SMILES string of the molecule is CC(c1nccs1)N(C)C1CCNC1.Cl. The van der Waals surface area contributed by atoms with Gasteiger partial charge in [-0.3, -0.25) is 4.90 Å². The highest BCUT2D eigenvalue weighted by Crippen LogP contribution is 2.24. The van der Waals surface area contributed by atoms with Gasteiger partial charge in [-0.05, 0) is 26.9 Å². The number of hydrogen-bond donors (Lipinski definition) is 1. The number of rotatable bonds is 3. The lowest BCUT2D eigenvalue weighted by Crippen LogP contribution is -2.35. The lowest BCUT2D eigenvalue weighted by Gasteiger charge is -2.28. The Bertz CT molecular complexity index is 272. The molecule has 0 spiro atoms. The number of nitrogens with one attached hydrogen (secondary N) is 1. The Balaban J connectivity index is 0.00000112. The quantitative estimate of drug-likeness (QED) is 0.885. The molecule has 1 aliphatic rings. The molecule has 0 aliphatic carbocycles. The maximum atomic E-state index is 4.37. The third-order valence-corrected chi connectivity index (χ3v) is 3.98. The third kappa shape index (κ3) is 2.91. The van der Waals surface area contributed by atoms with Gasteiger partial charge in [-0.2, -0.15) is 0 Å². The first kappa shape index (κ1) is 12.9. The van der Waals surface area contributed by atoms with Crippen LogP contribution in [0.5, 0.6) is 0 Å². The molecule has 0 aromatic carbocycles. The molecule has 0 amide bonds. The minimum absolute atomic E-state index is 0. The molecule has 2 heterocycles. The van der Waals surface area contributed by atoms with Gasteiger partial charge in [-0.15, -0.1) is 23.7 Å². The molecule has 2 rings (SSSR count). The van der Waals surface area contributed by atoms with Crippen LogP contribution in [0.2, 0.25) is 0 Å². The summed E-state index contributed by atoms with van der Waals surface area (Å²) in [4.78, 5) is 6.79. The molecule has 2 atom stereocenters. The molecule has 15 heavy (non-hydrogen) atoms. The van der Waals surface area contributed by atoms with E-state index < -0.39 is 0 Å². The monoisotopic (exact) mass is 247 g/mol. The van der Waals surface area contributed by atoms with Crippen molar-refractivity contribution >= 4 is 23.7 Å². The molecule has 1 saturated heterocycles. The van der Waals surface area contributed by atoms with E-state index in [1.54, 1.807) is 11.3 Å². The van der Waals surface area contributed by atoms with E-state index >= 15 is 0 Å². The third-order valence-electron chi connectivity index (χ3n) is 3.03. The minimum Gasteiger partial charge on any atom is -0.315 e. The van der Waals surface area contributed by atoms with Crippen LogP contribution in [0, 0.1) is 0 Å². The Morgan fingerprint density at radius 3 is 3.00 bits per heavy atom. The molecule has 1 aromatic rings. The average molecular weight is 248 g/mol. The van der Waals surface area contributed by atoms with Crippen LogP contribution in [-0.2, 0) is 0 Å². The normalized spacial score (nSPS) is 22.7. The van der Waals surface area contributed by atoms with Crippen LogP contribution in [0.15, 0.2) is 11.6 Å². The number of halogens is 1. The van der Waals surface area contributed by atoms with E-state index in [4.69, 9.17) is 0 Å². The van der Waals surface area contributed by atoms with E-state index in [1.807, 2.05) is 11.6 Å². The summed E-state index contributed by atoms with van der Waals surface area (Å²) in [6.45, 7) is 4.50. The summed E-state index contributed by atoms with van der Waals surface area (Å²) in [6.07, 6.45) is 3.14. The standard InChI is InChI=1S/C10H17N3S.ClH/c1-8(10-12-5-6-14-10)13(2)9-3-4-11-7-9;/h5-6,8-9,11H,3-4,7H2,1-2H3;1H. The second-order valence-electron chi connectivity index (χ2n) is 3.86. The smallest absolute Gasteiger partial charge is 0.109 e. The van der Waals surface area contributed by atoms with E-state index in [2.05, 4.69) is 29.2 Å². The van der Waals surface area contributed by atoms with Crippen LogP contribution in [0.1, 0.15) is 24.4 Å². The van der Waals surface area contributed by atoms with Crippen molar-refractivity contribution in [2.45, 2.75) is 25.4 Å². The fourth-order valence-corrected chi connectivity index (χ4v) is 2.66. The Morgan fingerprint density at radius 1 is 1.67 bits per heavy atom. The van der Waals surface area contributed by atoms with Crippen LogP contribution in [0.4, 0.5) is 0 Å². The molecule has 2 unspecified atom stereocenters. The zero-order valence-corrected chi connectivity index (χ0v) is 10.8. The molecule has 1 fully saturated rings. The second kappa shape index (κ2) is 5.80. The van der Waals surface area contributed by atoms with Gasteiger partial charge >= 0.3 is 0 Å². The summed E-state index contributed by atoms with van der Waals surface area (Å²) in [5.41, 5.74) is 0. The summed E-state index contributed by atoms with van der Waals surface area (Å²) in [6, 6.07) is 1.12. The molecule has 1 aromatic heterocycles. The summed E-state index contributed by atoms with van der Waals surface area (Å²) in [7, 11) is 2.20. The number of likely N-dealkylation sites (N-methyl/N-ethyl adjacent to an activating group) is 1. The highest BCUT2D eigenvalue weighted by atomic mass is 35.5. The molecule has 0 radical (unpaired) electrons. The Hall–Kier alpha value is -0.160. The van der Waals surface area contributed by atoms with Gasteiger partial charge in [0.05, 0.1) is 6.04 Å². The lowest BCUT2D eigenvalue weighted by molar-refractivity contribution is 0.196. The zero-order chi connectivity index (χ0) is 9.97. The summed E-state index contributed by atoms with van der Waals surface area (Å²) >= 11 is 1.74. The van der Waals surface area contributed by atoms with Gasteiger partial charge in [0.1, 0.15) is 5.01 Å². The maximum Gasteiger partial charge on any atom is 0.109 e. The van der Waals surface area contributed by atoms with Gasteiger partial charge in [0.2, 0.25) is 0 Å². The molecule has 0 bridgehead atoms. The molecule has 1 aliphatic heterocycles. The van der Waals surface area contributed by atoms with Crippen molar-refractivity contribution in [3.63, 3.8) is 0 Å². The maximum absolute atomic E-state index is 4.37. The van der Waals surface area contributed by atoms with Crippen molar-refractivity contribution in [3.05, 3.63) is 16.6 Å². The van der Waals surface area contributed by atoms with Crippen molar-refractivity contribution in [2.24, 2.45) is 0 Å². The van der Waals surface area contributed by atoms with Crippen LogP contribution in [0.25, 0.3) is 0 Å². The topological polar surface area (TPSA) is 28.2 Å². The number of aromatic nitrogens is 1. The summed E-state index contributed by atoms with van der Waals surface area (Å²) in [5, 5.41) is 6.66. The second-order valence-corrected chi connectivity index (χ2v) is 4.78. The Kier molecular flexibility index (Phi) is 4.99. The number of hydrogen-bond acceptors (Lipinski definition) is 4. The van der Waals surface area contributed by atoms with E-state index in [0.29, 0.717) is 12.1 Å². The molecule has 0 saturated carbocycles. The largest absolute Gasteiger partial charge is 0.315 e. The average Bonchev–Trinajstić information content (AvgIpc) is 2.87. The Labute approximate surface area is 101 Å². The summed E-state index contributed by atoms with van der Waals surface area (Å²) < 4.78 is 0. The molecule has 3 nitrogen and oxygen atoms in total. The van der Waals surface area contributed by atoms with Crippen LogP contribution >= 0.6 is 23.7 Å². The van der Waals surface area contributed by atoms with Crippen LogP contribution in [0.3, 0.4) is 0 Å². The van der Waals surface area contributed by atoms with Gasteiger partial charge in [0, 0.05) is 24.2 Å². The predicted octanol–water partition coefficient (Wildman–Crippen LogP) is 1.92. The summed E-state index contributed by atoms with van der Waals surface area (Å²) in [5.74, 6) is 0. The van der Waals surface area contributed by atoms with Crippen molar-refractivity contribution in [2.75, 3.05) is 20.1 Å². The molecular formula is C10H18ClN3S.